The third-order valence-corrected chi connectivity index (χ3v) is 1.31. The van der Waals surface area contributed by atoms with Gasteiger partial charge in [0, 0.05) is 5.57 Å². The number of esters is 1. The van der Waals surface area contributed by atoms with E-state index in [-0.39, 0.29) is 5.97 Å². The minimum absolute atomic E-state index is 0.284. The Labute approximate surface area is 61.9 Å². The molecule has 0 aromatic rings. The van der Waals surface area contributed by atoms with Crippen LogP contribution in [0.3, 0.4) is 0 Å². The molecule has 0 bridgehead atoms. The number of carbonyl (C=O) groups is 1. The molecule has 0 atom stereocenters. The Kier molecular flexibility index (Phi) is 4.63. The molecule has 0 aliphatic rings. The SMILES string of the molecule is C=C(CCCC)C(=O)OC. The summed E-state index contributed by atoms with van der Waals surface area (Å²) in [7, 11) is 1.37. The van der Waals surface area contributed by atoms with Gasteiger partial charge in [-0.15, -0.1) is 0 Å². The second-order valence-electron chi connectivity index (χ2n) is 2.20. The molecule has 0 aromatic carbocycles. The van der Waals surface area contributed by atoms with E-state index in [4.69, 9.17) is 0 Å². The van der Waals surface area contributed by atoms with Crippen LogP contribution in [-0.4, -0.2) is 13.1 Å². The van der Waals surface area contributed by atoms with Crippen LogP contribution in [0.5, 0.6) is 0 Å². The zero-order valence-corrected chi connectivity index (χ0v) is 6.64. The fourth-order valence-corrected chi connectivity index (χ4v) is 0.637. The van der Waals surface area contributed by atoms with Crippen molar-refractivity contribution in [3.05, 3.63) is 12.2 Å². The van der Waals surface area contributed by atoms with Crippen molar-refractivity contribution in [2.24, 2.45) is 0 Å². The van der Waals surface area contributed by atoms with Crippen LogP contribution in [0.15, 0.2) is 12.2 Å². The first-order valence-electron chi connectivity index (χ1n) is 3.48. The summed E-state index contributed by atoms with van der Waals surface area (Å²) in [6.07, 6.45) is 2.84. The monoisotopic (exact) mass is 142 g/mol. The first-order valence-corrected chi connectivity index (χ1v) is 3.48. The van der Waals surface area contributed by atoms with Crippen molar-refractivity contribution in [2.75, 3.05) is 7.11 Å². The Morgan fingerprint density at radius 3 is 2.60 bits per heavy atom. The van der Waals surface area contributed by atoms with Crippen LogP contribution in [0.4, 0.5) is 0 Å². The number of hydrogen-bond donors (Lipinski definition) is 0. The lowest BCUT2D eigenvalue weighted by molar-refractivity contribution is -0.136. The van der Waals surface area contributed by atoms with Crippen molar-refractivity contribution in [1.29, 1.82) is 0 Å². The van der Waals surface area contributed by atoms with E-state index in [1.807, 2.05) is 0 Å². The predicted molar refractivity (Wildman–Crippen MR) is 40.7 cm³/mol. The van der Waals surface area contributed by atoms with Gasteiger partial charge in [0.2, 0.25) is 0 Å². The molecule has 0 rings (SSSR count). The summed E-state index contributed by atoms with van der Waals surface area (Å²) in [5.41, 5.74) is 0.573. The van der Waals surface area contributed by atoms with Crippen molar-refractivity contribution in [3.63, 3.8) is 0 Å². The maximum Gasteiger partial charge on any atom is 0.333 e. The van der Waals surface area contributed by atoms with E-state index in [1.165, 1.54) is 7.11 Å². The summed E-state index contributed by atoms with van der Waals surface area (Å²) in [5.74, 6) is -0.284. The summed E-state index contributed by atoms with van der Waals surface area (Å²) in [5, 5.41) is 0. The van der Waals surface area contributed by atoms with Crippen LogP contribution < -0.4 is 0 Å². The highest BCUT2D eigenvalue weighted by atomic mass is 16.5. The number of carbonyl (C=O) groups excluding carboxylic acids is 1. The molecule has 0 unspecified atom stereocenters. The maximum atomic E-state index is 10.7. The van der Waals surface area contributed by atoms with E-state index in [9.17, 15) is 4.79 Å². The van der Waals surface area contributed by atoms with E-state index in [1.54, 1.807) is 0 Å². The van der Waals surface area contributed by atoms with Gasteiger partial charge in [0.15, 0.2) is 0 Å². The molecule has 58 valence electrons. The van der Waals surface area contributed by atoms with E-state index < -0.39 is 0 Å². The summed E-state index contributed by atoms with van der Waals surface area (Å²) in [6, 6.07) is 0. The van der Waals surface area contributed by atoms with E-state index in [2.05, 4.69) is 18.2 Å². The third-order valence-electron chi connectivity index (χ3n) is 1.31. The lowest BCUT2D eigenvalue weighted by Crippen LogP contribution is -2.02. The maximum absolute atomic E-state index is 10.7. The molecule has 0 spiro atoms. The number of hydrogen-bond acceptors (Lipinski definition) is 2. The lowest BCUT2D eigenvalue weighted by Gasteiger charge is -2.00. The molecule has 0 heterocycles. The largest absolute Gasteiger partial charge is 0.466 e. The third kappa shape index (κ3) is 3.28. The zero-order valence-electron chi connectivity index (χ0n) is 6.64. The molecule has 0 saturated heterocycles. The lowest BCUT2D eigenvalue weighted by atomic mass is 10.1. The standard InChI is InChI=1S/C8H14O2/c1-4-5-6-7(2)8(9)10-3/h2,4-6H2,1,3H3. The Morgan fingerprint density at radius 1 is 1.60 bits per heavy atom. The number of ether oxygens (including phenoxy) is 1. The van der Waals surface area contributed by atoms with E-state index in [0.717, 1.165) is 19.3 Å². The zero-order chi connectivity index (χ0) is 7.98. The Hall–Kier alpha value is -0.790. The van der Waals surface area contributed by atoms with E-state index >= 15 is 0 Å². The number of methoxy groups -OCH3 is 1. The average Bonchev–Trinajstić information content (AvgIpc) is 1.98. The van der Waals surface area contributed by atoms with Gasteiger partial charge in [0.1, 0.15) is 0 Å². The molecular formula is C8H14O2. The molecule has 2 nitrogen and oxygen atoms in total. The molecule has 0 fully saturated rings. The molecule has 10 heavy (non-hydrogen) atoms. The van der Waals surface area contributed by atoms with Gasteiger partial charge in [-0.2, -0.15) is 0 Å². The summed E-state index contributed by atoms with van der Waals surface area (Å²) in [6.45, 7) is 5.66. The van der Waals surface area contributed by atoms with Gasteiger partial charge in [0.05, 0.1) is 7.11 Å². The van der Waals surface area contributed by atoms with Crippen molar-refractivity contribution in [1.82, 2.24) is 0 Å². The quantitative estimate of drug-likeness (QED) is 0.442. The summed E-state index contributed by atoms with van der Waals surface area (Å²) >= 11 is 0. The second-order valence-corrected chi connectivity index (χ2v) is 2.20. The fraction of sp³-hybridized carbons (Fsp3) is 0.625. The molecule has 0 aliphatic heterocycles. The minimum atomic E-state index is -0.284. The van der Waals surface area contributed by atoms with Crippen LogP contribution in [-0.2, 0) is 9.53 Å². The molecular weight excluding hydrogens is 128 g/mol. The number of unbranched alkanes of at least 4 members (excludes halogenated alkanes) is 1. The highest BCUT2D eigenvalue weighted by molar-refractivity contribution is 5.87. The molecule has 0 amide bonds. The molecule has 0 saturated carbocycles. The van der Waals surface area contributed by atoms with Crippen molar-refractivity contribution in [2.45, 2.75) is 26.2 Å². The topological polar surface area (TPSA) is 26.3 Å². The first kappa shape index (κ1) is 9.21. The van der Waals surface area contributed by atoms with Crippen molar-refractivity contribution in [3.8, 4) is 0 Å². The van der Waals surface area contributed by atoms with Gasteiger partial charge < -0.3 is 4.74 Å². The van der Waals surface area contributed by atoms with Gasteiger partial charge in [-0.05, 0) is 12.8 Å². The Bertz CT molecular complexity index is 127. The van der Waals surface area contributed by atoms with Crippen LogP contribution in [0.2, 0.25) is 0 Å². The molecule has 0 N–H and O–H groups in total. The van der Waals surface area contributed by atoms with Crippen LogP contribution in [0.1, 0.15) is 26.2 Å². The van der Waals surface area contributed by atoms with Crippen LogP contribution in [0, 0.1) is 0 Å². The van der Waals surface area contributed by atoms with Crippen molar-refractivity contribution >= 4 is 5.97 Å². The van der Waals surface area contributed by atoms with Gasteiger partial charge in [-0.1, -0.05) is 19.9 Å². The summed E-state index contributed by atoms with van der Waals surface area (Å²) < 4.78 is 4.47. The van der Waals surface area contributed by atoms with Crippen molar-refractivity contribution < 1.29 is 9.53 Å². The predicted octanol–water partition coefficient (Wildman–Crippen LogP) is 1.91. The second kappa shape index (κ2) is 5.03. The Morgan fingerprint density at radius 2 is 2.20 bits per heavy atom. The van der Waals surface area contributed by atoms with Gasteiger partial charge in [0.25, 0.3) is 0 Å². The number of rotatable bonds is 4. The normalized spacial score (nSPS) is 9.00. The van der Waals surface area contributed by atoms with E-state index in [0.29, 0.717) is 5.57 Å². The first-order chi connectivity index (χ1) is 4.72. The highest BCUT2D eigenvalue weighted by Crippen LogP contribution is 2.05. The highest BCUT2D eigenvalue weighted by Gasteiger charge is 2.03. The molecule has 0 aromatic heterocycles. The van der Waals surface area contributed by atoms with Gasteiger partial charge >= 0.3 is 5.97 Å². The van der Waals surface area contributed by atoms with Crippen LogP contribution >= 0.6 is 0 Å². The van der Waals surface area contributed by atoms with Gasteiger partial charge in [-0.25, -0.2) is 4.79 Å². The molecule has 0 aliphatic carbocycles. The van der Waals surface area contributed by atoms with Crippen LogP contribution in [0.25, 0.3) is 0 Å². The summed E-state index contributed by atoms with van der Waals surface area (Å²) in [4.78, 5) is 10.7. The Balaban J connectivity index is 3.52. The minimum Gasteiger partial charge on any atom is -0.466 e. The van der Waals surface area contributed by atoms with Gasteiger partial charge in [-0.3, -0.25) is 0 Å². The average molecular weight is 142 g/mol. The fourth-order valence-electron chi connectivity index (χ4n) is 0.637. The molecule has 2 heteroatoms. The smallest absolute Gasteiger partial charge is 0.333 e. The molecule has 0 radical (unpaired) electrons.